The van der Waals surface area contributed by atoms with Crippen molar-refractivity contribution in [3.05, 3.63) is 22.3 Å². The van der Waals surface area contributed by atoms with Gasteiger partial charge in [-0.15, -0.1) is 10.2 Å². The normalized spacial score (nSPS) is 10.7. The molecule has 24 heavy (non-hydrogen) atoms. The second-order valence-corrected chi connectivity index (χ2v) is 6.49. The van der Waals surface area contributed by atoms with Crippen LogP contribution in [-0.4, -0.2) is 44.2 Å². The molecular weight excluding hydrogens is 354 g/mol. The van der Waals surface area contributed by atoms with Crippen LogP contribution in [0.15, 0.2) is 25.7 Å². The van der Waals surface area contributed by atoms with Gasteiger partial charge in [0, 0.05) is 18.2 Å². The molecule has 0 saturated heterocycles. The minimum absolute atomic E-state index is 0.139. The number of thioether (sulfide) groups is 2. The van der Waals surface area contributed by atoms with Gasteiger partial charge >= 0.3 is 5.97 Å². The lowest BCUT2D eigenvalue weighted by molar-refractivity contribution is -0.139. The van der Waals surface area contributed by atoms with Gasteiger partial charge in [-0.3, -0.25) is 9.59 Å². The zero-order valence-corrected chi connectivity index (χ0v) is 14.6. The average Bonchev–Trinajstić information content (AvgIpc) is 2.97. The summed E-state index contributed by atoms with van der Waals surface area (Å²) in [7, 11) is 0. The molecule has 0 aromatic carbocycles. The van der Waals surface area contributed by atoms with E-state index in [4.69, 9.17) is 14.9 Å². The molecule has 0 aliphatic rings. The number of hydrogen-bond acceptors (Lipinski definition) is 10. The smallest absolute Gasteiger partial charge is 0.316 e. The quantitative estimate of drug-likeness (QED) is 0.285. The van der Waals surface area contributed by atoms with Crippen LogP contribution in [0.3, 0.4) is 0 Å². The third-order valence-electron chi connectivity index (χ3n) is 2.58. The summed E-state index contributed by atoms with van der Waals surface area (Å²) in [5, 5.41) is 8.61. The number of nitrogen functional groups attached to an aromatic ring is 1. The molecule has 0 unspecified atom stereocenters. The van der Waals surface area contributed by atoms with Crippen molar-refractivity contribution in [3.8, 4) is 0 Å². The van der Waals surface area contributed by atoms with Crippen LogP contribution in [0.5, 0.6) is 0 Å². The SMILES string of the molecule is CCOC(=O)CSc1nnc(CCCSc2nc(N)cc(=O)[nH]2)o1. The fourth-order valence-electron chi connectivity index (χ4n) is 1.63. The molecule has 0 atom stereocenters. The Kier molecular flexibility index (Phi) is 7.12. The number of nitrogens with two attached hydrogens (primary N) is 1. The molecular formula is C13H17N5O4S2. The fourth-order valence-corrected chi connectivity index (χ4v) is 3.04. The number of aromatic amines is 1. The predicted octanol–water partition coefficient (Wildman–Crippen LogP) is 1.12. The molecule has 0 amide bonds. The van der Waals surface area contributed by atoms with E-state index in [0.29, 0.717) is 35.1 Å². The predicted molar refractivity (Wildman–Crippen MR) is 90.0 cm³/mol. The van der Waals surface area contributed by atoms with Crippen molar-refractivity contribution in [2.45, 2.75) is 30.1 Å². The molecule has 9 nitrogen and oxygen atoms in total. The molecule has 0 spiro atoms. The second kappa shape index (κ2) is 9.33. The van der Waals surface area contributed by atoms with Crippen LogP contribution in [0.25, 0.3) is 0 Å². The monoisotopic (exact) mass is 371 g/mol. The largest absolute Gasteiger partial charge is 0.465 e. The Morgan fingerprint density at radius 2 is 2.25 bits per heavy atom. The van der Waals surface area contributed by atoms with E-state index in [9.17, 15) is 9.59 Å². The van der Waals surface area contributed by atoms with E-state index in [2.05, 4.69) is 20.2 Å². The van der Waals surface area contributed by atoms with Gasteiger partial charge in [-0.1, -0.05) is 23.5 Å². The number of hydrogen-bond donors (Lipinski definition) is 2. The Morgan fingerprint density at radius 3 is 3.00 bits per heavy atom. The van der Waals surface area contributed by atoms with Crippen LogP contribution in [-0.2, 0) is 16.0 Å². The van der Waals surface area contributed by atoms with Crippen LogP contribution in [0, 0.1) is 0 Å². The third kappa shape index (κ3) is 6.24. The lowest BCUT2D eigenvalue weighted by atomic mass is 10.3. The fraction of sp³-hybridized carbons (Fsp3) is 0.462. The number of aryl methyl sites for hydroxylation is 1. The summed E-state index contributed by atoms with van der Waals surface area (Å²) >= 11 is 2.54. The van der Waals surface area contributed by atoms with E-state index >= 15 is 0 Å². The number of rotatable bonds is 9. The van der Waals surface area contributed by atoms with E-state index in [1.54, 1.807) is 6.92 Å². The molecule has 2 aromatic rings. The molecule has 2 aromatic heterocycles. The maximum absolute atomic E-state index is 11.3. The standard InChI is InChI=1S/C13H17N5O4S2/c1-2-21-11(20)7-24-13-18-17-10(22-13)4-3-5-23-12-15-8(14)6-9(19)16-12/h6H,2-5,7H2,1H3,(H3,14,15,16,19). The first-order chi connectivity index (χ1) is 11.6. The minimum atomic E-state index is -0.317. The van der Waals surface area contributed by atoms with E-state index in [0.717, 1.165) is 18.2 Å². The highest BCUT2D eigenvalue weighted by Crippen LogP contribution is 2.18. The minimum Gasteiger partial charge on any atom is -0.465 e. The lowest BCUT2D eigenvalue weighted by Gasteiger charge is -2.00. The average molecular weight is 371 g/mol. The van der Waals surface area contributed by atoms with E-state index in [-0.39, 0.29) is 23.1 Å². The number of carbonyl (C=O) groups excluding carboxylic acids is 1. The van der Waals surface area contributed by atoms with Crippen molar-refractivity contribution >= 4 is 35.3 Å². The Hall–Kier alpha value is -2.01. The summed E-state index contributed by atoms with van der Waals surface area (Å²) < 4.78 is 10.2. The Bertz CT molecular complexity index is 733. The number of ether oxygens (including phenoxy) is 1. The van der Waals surface area contributed by atoms with Gasteiger partial charge in [-0.05, 0) is 13.3 Å². The third-order valence-corrected chi connectivity index (χ3v) is 4.33. The van der Waals surface area contributed by atoms with Gasteiger partial charge in [0.1, 0.15) is 11.6 Å². The van der Waals surface area contributed by atoms with Crippen molar-refractivity contribution in [2.24, 2.45) is 0 Å². The molecule has 0 saturated carbocycles. The zero-order chi connectivity index (χ0) is 17.4. The molecule has 2 heterocycles. The molecule has 0 aliphatic carbocycles. The number of aromatic nitrogens is 4. The highest BCUT2D eigenvalue weighted by molar-refractivity contribution is 7.99. The summed E-state index contributed by atoms with van der Waals surface area (Å²) in [6.45, 7) is 2.10. The summed E-state index contributed by atoms with van der Waals surface area (Å²) in [5.41, 5.74) is 5.24. The highest BCUT2D eigenvalue weighted by Gasteiger charge is 2.10. The molecule has 11 heteroatoms. The van der Waals surface area contributed by atoms with Crippen molar-refractivity contribution in [3.63, 3.8) is 0 Å². The summed E-state index contributed by atoms with van der Waals surface area (Å²) in [4.78, 5) is 29.1. The topological polar surface area (TPSA) is 137 Å². The number of esters is 1. The van der Waals surface area contributed by atoms with Crippen molar-refractivity contribution in [1.29, 1.82) is 0 Å². The maximum atomic E-state index is 11.3. The highest BCUT2D eigenvalue weighted by atomic mass is 32.2. The van der Waals surface area contributed by atoms with E-state index in [1.807, 2.05) is 0 Å². The van der Waals surface area contributed by atoms with Crippen LogP contribution in [0.2, 0.25) is 0 Å². The van der Waals surface area contributed by atoms with E-state index in [1.165, 1.54) is 17.8 Å². The van der Waals surface area contributed by atoms with Gasteiger partial charge in [-0.2, -0.15) is 0 Å². The molecule has 2 rings (SSSR count). The van der Waals surface area contributed by atoms with Gasteiger partial charge in [0.2, 0.25) is 5.89 Å². The van der Waals surface area contributed by atoms with E-state index < -0.39 is 0 Å². The van der Waals surface area contributed by atoms with Crippen LogP contribution in [0.1, 0.15) is 19.2 Å². The van der Waals surface area contributed by atoms with Crippen molar-refractivity contribution in [1.82, 2.24) is 20.2 Å². The first kappa shape index (κ1) is 18.3. The molecule has 0 bridgehead atoms. The number of anilines is 1. The van der Waals surface area contributed by atoms with Crippen LogP contribution < -0.4 is 11.3 Å². The molecule has 0 fully saturated rings. The molecule has 0 radical (unpaired) electrons. The second-order valence-electron chi connectivity index (χ2n) is 4.48. The summed E-state index contributed by atoms with van der Waals surface area (Å²) in [5.74, 6) is 1.22. The number of H-pyrrole nitrogens is 1. The molecule has 3 N–H and O–H groups in total. The number of carbonyl (C=O) groups is 1. The van der Waals surface area contributed by atoms with Crippen LogP contribution in [0.4, 0.5) is 5.82 Å². The summed E-state index contributed by atoms with van der Waals surface area (Å²) in [6.07, 6.45) is 1.35. The van der Waals surface area contributed by atoms with Crippen LogP contribution >= 0.6 is 23.5 Å². The van der Waals surface area contributed by atoms with Gasteiger partial charge in [0.25, 0.3) is 10.8 Å². The van der Waals surface area contributed by atoms with Gasteiger partial charge < -0.3 is 19.9 Å². The number of nitrogens with zero attached hydrogens (tertiary/aromatic N) is 3. The van der Waals surface area contributed by atoms with Crippen molar-refractivity contribution < 1.29 is 13.9 Å². The summed E-state index contributed by atoms with van der Waals surface area (Å²) in [6, 6.07) is 1.23. The lowest BCUT2D eigenvalue weighted by Crippen LogP contribution is -2.09. The Balaban J connectivity index is 1.71. The zero-order valence-electron chi connectivity index (χ0n) is 13.0. The number of nitrogens with one attached hydrogen (secondary N) is 1. The first-order valence-corrected chi connectivity index (χ1v) is 9.14. The molecule has 0 aliphatic heterocycles. The van der Waals surface area contributed by atoms with Gasteiger partial charge in [0.05, 0.1) is 6.61 Å². The van der Waals surface area contributed by atoms with Gasteiger partial charge in [0.15, 0.2) is 5.16 Å². The Labute approximate surface area is 146 Å². The van der Waals surface area contributed by atoms with Crippen molar-refractivity contribution in [2.75, 3.05) is 23.8 Å². The first-order valence-electron chi connectivity index (χ1n) is 7.17. The van der Waals surface area contributed by atoms with Gasteiger partial charge in [-0.25, -0.2) is 4.98 Å². The maximum Gasteiger partial charge on any atom is 0.316 e. The Morgan fingerprint density at radius 1 is 1.42 bits per heavy atom. The molecule has 130 valence electrons.